The number of hydrogen-bond donors (Lipinski definition) is 0. The van der Waals surface area contributed by atoms with Crippen LogP contribution in [0.1, 0.15) is 5.56 Å². The van der Waals surface area contributed by atoms with Gasteiger partial charge in [0, 0.05) is 0 Å². The van der Waals surface area contributed by atoms with E-state index in [1.807, 2.05) is 18.3 Å². The number of nitrogens with zero attached hydrogens (tertiary/aromatic N) is 1. The van der Waals surface area contributed by atoms with Gasteiger partial charge < -0.3 is 0 Å². The Kier molecular flexibility index (Phi) is 3.96. The fraction of sp³-hybridized carbons (Fsp3) is 0.0556. The molecule has 0 aliphatic carbocycles. The van der Waals surface area contributed by atoms with Crippen LogP contribution >= 0.6 is 0 Å². The molecule has 0 bridgehead atoms. The Hall–Kier alpha value is -1.89. The molecule has 0 fully saturated rings. The minimum absolute atomic E-state index is 0.307. The molecule has 1 nitrogen and oxygen atoms in total. The molecule has 2 heteroatoms. The van der Waals surface area contributed by atoms with Gasteiger partial charge >= 0.3 is 126 Å². The second-order valence-electron chi connectivity index (χ2n) is 4.63. The zero-order valence-corrected chi connectivity index (χ0v) is 13.0. The molecule has 98 valence electrons. The molecule has 0 radical (unpaired) electrons. The Morgan fingerprint density at radius 3 is 2.40 bits per heavy atom. The summed E-state index contributed by atoms with van der Waals surface area (Å²) in [5.74, 6) is 0. The molecule has 20 heavy (non-hydrogen) atoms. The van der Waals surface area contributed by atoms with Crippen molar-refractivity contribution in [2.75, 3.05) is 0 Å². The first kappa shape index (κ1) is 13.1. The van der Waals surface area contributed by atoms with Crippen LogP contribution in [0.2, 0.25) is 0 Å². The number of pyridine rings is 1. The Labute approximate surface area is 125 Å². The summed E-state index contributed by atoms with van der Waals surface area (Å²) in [4.78, 5) is 4.50. The Morgan fingerprint density at radius 1 is 0.850 bits per heavy atom. The summed E-state index contributed by atoms with van der Waals surface area (Å²) in [5, 5.41) is 0. The molecule has 0 N–H and O–H groups in total. The maximum atomic E-state index is 4.50. The predicted molar refractivity (Wildman–Crippen MR) is 85.9 cm³/mol. The molecule has 0 spiro atoms. The van der Waals surface area contributed by atoms with E-state index in [9.17, 15) is 0 Å². The van der Waals surface area contributed by atoms with Gasteiger partial charge in [-0.25, -0.2) is 0 Å². The minimum atomic E-state index is 0.307. The third-order valence-corrected chi connectivity index (χ3v) is 5.32. The predicted octanol–water partition coefficient (Wildman–Crippen LogP) is 2.71. The monoisotopic (exact) mass is 325 g/mol. The standard InChI is InChI=1S/C18H15NSe/c1-14-10-11-18(20-15-7-3-2-4-8-15)16(13-14)17-9-5-6-12-19-17/h2-13H,1H3. The topological polar surface area (TPSA) is 12.9 Å². The summed E-state index contributed by atoms with van der Waals surface area (Å²) >= 11 is 0.307. The van der Waals surface area contributed by atoms with Crippen LogP contribution in [0.15, 0.2) is 72.9 Å². The molecular formula is C18H15NSe. The molecule has 0 aliphatic heterocycles. The molecule has 0 atom stereocenters. The number of benzene rings is 2. The summed E-state index contributed by atoms with van der Waals surface area (Å²) in [5.41, 5.74) is 3.59. The van der Waals surface area contributed by atoms with Gasteiger partial charge in [0.05, 0.1) is 0 Å². The quantitative estimate of drug-likeness (QED) is 0.675. The van der Waals surface area contributed by atoms with Gasteiger partial charge in [0.1, 0.15) is 0 Å². The molecule has 0 amide bonds. The van der Waals surface area contributed by atoms with Gasteiger partial charge in [-0.2, -0.15) is 0 Å². The second-order valence-corrected chi connectivity index (χ2v) is 6.97. The Morgan fingerprint density at radius 2 is 1.65 bits per heavy atom. The summed E-state index contributed by atoms with van der Waals surface area (Å²) in [7, 11) is 0. The Bertz CT molecular complexity index is 693. The van der Waals surface area contributed by atoms with Crippen LogP contribution in [0.5, 0.6) is 0 Å². The van der Waals surface area contributed by atoms with Crippen LogP contribution in [0.25, 0.3) is 11.3 Å². The first-order chi connectivity index (χ1) is 9.83. The van der Waals surface area contributed by atoms with Gasteiger partial charge in [-0.3, -0.25) is 0 Å². The molecule has 3 rings (SSSR count). The molecular weight excluding hydrogens is 309 g/mol. The zero-order valence-electron chi connectivity index (χ0n) is 11.3. The van der Waals surface area contributed by atoms with E-state index in [4.69, 9.17) is 0 Å². The van der Waals surface area contributed by atoms with E-state index in [-0.39, 0.29) is 0 Å². The van der Waals surface area contributed by atoms with Crippen LogP contribution in [0, 0.1) is 6.92 Å². The number of hydrogen-bond acceptors (Lipinski definition) is 1. The normalized spacial score (nSPS) is 10.4. The molecule has 0 saturated heterocycles. The summed E-state index contributed by atoms with van der Waals surface area (Å²) in [6.45, 7) is 2.13. The molecule has 1 heterocycles. The summed E-state index contributed by atoms with van der Waals surface area (Å²) in [6.07, 6.45) is 1.86. The van der Waals surface area contributed by atoms with E-state index in [1.165, 1.54) is 20.1 Å². The average Bonchev–Trinajstić information content (AvgIpc) is 2.51. The number of rotatable bonds is 3. The van der Waals surface area contributed by atoms with Crippen molar-refractivity contribution in [1.82, 2.24) is 4.98 Å². The van der Waals surface area contributed by atoms with Crippen molar-refractivity contribution in [2.45, 2.75) is 6.92 Å². The van der Waals surface area contributed by atoms with Crippen molar-refractivity contribution in [3.05, 3.63) is 78.5 Å². The van der Waals surface area contributed by atoms with Crippen LogP contribution in [0.4, 0.5) is 0 Å². The number of aromatic nitrogens is 1. The molecule has 2 aromatic carbocycles. The Balaban J connectivity index is 2.03. The third-order valence-electron chi connectivity index (χ3n) is 3.05. The summed E-state index contributed by atoms with van der Waals surface area (Å²) < 4.78 is 2.77. The second kappa shape index (κ2) is 6.04. The van der Waals surface area contributed by atoms with E-state index in [0.29, 0.717) is 15.0 Å². The SMILES string of the molecule is Cc1ccc([Se]c2ccccc2)c(-c2ccccn2)c1. The first-order valence-corrected chi connectivity index (χ1v) is 8.29. The fourth-order valence-electron chi connectivity index (χ4n) is 2.07. The van der Waals surface area contributed by atoms with Gasteiger partial charge in [0.15, 0.2) is 0 Å². The van der Waals surface area contributed by atoms with Crippen LogP contribution in [0.3, 0.4) is 0 Å². The maximum absolute atomic E-state index is 4.50. The van der Waals surface area contributed by atoms with Crippen molar-refractivity contribution in [2.24, 2.45) is 0 Å². The fourth-order valence-corrected chi connectivity index (χ4v) is 4.08. The van der Waals surface area contributed by atoms with Gasteiger partial charge in [-0.05, 0) is 0 Å². The van der Waals surface area contributed by atoms with Crippen molar-refractivity contribution in [3.8, 4) is 11.3 Å². The van der Waals surface area contributed by atoms with Crippen LogP contribution < -0.4 is 8.92 Å². The van der Waals surface area contributed by atoms with Gasteiger partial charge in [0.25, 0.3) is 0 Å². The molecule has 0 saturated carbocycles. The average molecular weight is 324 g/mol. The molecule has 0 aliphatic rings. The van der Waals surface area contributed by atoms with Crippen LogP contribution in [-0.2, 0) is 0 Å². The summed E-state index contributed by atoms with van der Waals surface area (Å²) in [6, 6.07) is 23.4. The van der Waals surface area contributed by atoms with Crippen molar-refractivity contribution in [3.63, 3.8) is 0 Å². The third kappa shape index (κ3) is 2.98. The van der Waals surface area contributed by atoms with E-state index >= 15 is 0 Å². The van der Waals surface area contributed by atoms with Crippen molar-refractivity contribution >= 4 is 23.9 Å². The zero-order chi connectivity index (χ0) is 13.8. The van der Waals surface area contributed by atoms with E-state index < -0.39 is 0 Å². The molecule has 0 unspecified atom stereocenters. The number of aryl methyl sites for hydroxylation is 1. The van der Waals surface area contributed by atoms with Crippen molar-refractivity contribution < 1.29 is 0 Å². The first-order valence-electron chi connectivity index (χ1n) is 6.58. The van der Waals surface area contributed by atoms with E-state index in [1.54, 1.807) is 0 Å². The van der Waals surface area contributed by atoms with Crippen molar-refractivity contribution in [1.29, 1.82) is 0 Å². The van der Waals surface area contributed by atoms with E-state index in [0.717, 1.165) is 5.69 Å². The molecule has 1 aromatic heterocycles. The van der Waals surface area contributed by atoms with Gasteiger partial charge in [-0.1, -0.05) is 0 Å². The van der Waals surface area contributed by atoms with Gasteiger partial charge in [-0.15, -0.1) is 0 Å². The van der Waals surface area contributed by atoms with Gasteiger partial charge in [0.2, 0.25) is 0 Å². The van der Waals surface area contributed by atoms with Crippen LogP contribution in [-0.4, -0.2) is 19.9 Å². The van der Waals surface area contributed by atoms with E-state index in [2.05, 4.69) is 66.5 Å². The molecule has 3 aromatic rings.